The average Bonchev–Trinajstić information content (AvgIpc) is 3.47. The van der Waals surface area contributed by atoms with Crippen LogP contribution in [0.3, 0.4) is 0 Å². The first-order valence-corrected chi connectivity index (χ1v) is 15.7. The number of nitrogens with zero attached hydrogens (tertiary/aromatic N) is 1. The molecule has 6 atom stereocenters. The fourth-order valence-electron chi connectivity index (χ4n) is 7.76. The van der Waals surface area contributed by atoms with Crippen LogP contribution >= 0.6 is 0 Å². The SMILES string of the molecule is COC(=O)[C@H]1[C@H]2C[C@@H]3c4[nH]c5cc(OC)ccc5c4CCN3C[C@H]2C[C@@H](OC(=O)c2cc(OC)c(OC)c(OC)c2)[C@@H]1OC.N=C(N)N. The third-order valence-electron chi connectivity index (χ3n) is 9.76. The van der Waals surface area contributed by atoms with E-state index in [0.717, 1.165) is 37.2 Å². The number of aromatic amines is 1. The smallest absolute Gasteiger partial charge is 0.338 e. The molecule has 2 aliphatic heterocycles. The van der Waals surface area contributed by atoms with Crippen molar-refractivity contribution in [1.82, 2.24) is 9.88 Å². The van der Waals surface area contributed by atoms with Crippen molar-refractivity contribution < 1.29 is 42.7 Å². The Hall–Kier alpha value is -4.69. The molecule has 3 aliphatic rings. The zero-order chi connectivity index (χ0) is 34.7. The highest BCUT2D eigenvalue weighted by Crippen LogP contribution is 2.51. The number of hydrogen-bond donors (Lipinski definition) is 4. The Labute approximate surface area is 279 Å². The van der Waals surface area contributed by atoms with Gasteiger partial charge in [-0.2, -0.15) is 0 Å². The van der Waals surface area contributed by atoms with E-state index in [2.05, 4.69) is 27.4 Å². The lowest BCUT2D eigenvalue weighted by molar-refractivity contribution is -0.176. The van der Waals surface area contributed by atoms with Crippen LogP contribution in [0.1, 0.15) is 40.5 Å². The summed E-state index contributed by atoms with van der Waals surface area (Å²) in [6.45, 7) is 1.68. The summed E-state index contributed by atoms with van der Waals surface area (Å²) in [6.07, 6.45) is 0.920. The fourth-order valence-corrected chi connectivity index (χ4v) is 7.76. The maximum absolute atomic E-state index is 13.5. The number of carbonyl (C=O) groups is 2. The molecule has 1 saturated heterocycles. The zero-order valence-electron chi connectivity index (χ0n) is 28.2. The van der Waals surface area contributed by atoms with Crippen molar-refractivity contribution in [2.24, 2.45) is 29.2 Å². The summed E-state index contributed by atoms with van der Waals surface area (Å²) < 4.78 is 39.1. The largest absolute Gasteiger partial charge is 0.497 e. The quantitative estimate of drug-likeness (QED) is 0.156. The van der Waals surface area contributed by atoms with Gasteiger partial charge in [0.25, 0.3) is 0 Å². The normalized spacial score (nSPS) is 24.5. The van der Waals surface area contributed by atoms with Crippen molar-refractivity contribution in [3.8, 4) is 23.0 Å². The summed E-state index contributed by atoms with van der Waals surface area (Å²) in [5.74, 6) is 0.107. The molecule has 1 aromatic heterocycles. The van der Waals surface area contributed by atoms with E-state index >= 15 is 0 Å². The Morgan fingerprint density at radius 2 is 1.62 bits per heavy atom. The van der Waals surface area contributed by atoms with Gasteiger partial charge in [0.15, 0.2) is 17.5 Å². The standard InChI is InChI=1S/C33H40N2O9.CH5N3/c1-38-19-7-8-20-21-9-10-35-16-18-13-27(44-32(36)17-11-25(39-2)30(41-4)26(12-17)40-3)31(42-5)28(33(37)43-6)22(18)15-24(35)29(21)34-23(20)14-19;2-1(3)4/h7-8,11-12,14,18,22,24,27-28,31,34H,9-10,13,15-16H2,1-6H3;(H5,2,3,4)/t18-,22+,24-,27-,28+,31+;/m1./s1. The second-order valence-corrected chi connectivity index (χ2v) is 12.1. The lowest BCUT2D eigenvalue weighted by Gasteiger charge is -2.52. The van der Waals surface area contributed by atoms with Crippen LogP contribution in [-0.2, 0) is 25.4 Å². The van der Waals surface area contributed by atoms with Crippen LogP contribution in [-0.4, -0.2) is 95.7 Å². The van der Waals surface area contributed by atoms with Crippen LogP contribution < -0.4 is 30.4 Å². The van der Waals surface area contributed by atoms with Gasteiger partial charge in [-0.1, -0.05) is 0 Å². The highest BCUT2D eigenvalue weighted by molar-refractivity contribution is 5.91. The molecular weight excluding hydrogens is 622 g/mol. The summed E-state index contributed by atoms with van der Waals surface area (Å²) in [5.41, 5.74) is 12.8. The average molecular weight is 668 g/mol. The van der Waals surface area contributed by atoms with Crippen LogP contribution in [0.15, 0.2) is 30.3 Å². The molecule has 1 saturated carbocycles. The number of H-pyrrole nitrogens is 1. The van der Waals surface area contributed by atoms with Crippen molar-refractivity contribution in [2.45, 2.75) is 37.5 Å². The van der Waals surface area contributed by atoms with Gasteiger partial charge < -0.3 is 49.6 Å². The van der Waals surface area contributed by atoms with Gasteiger partial charge in [-0.3, -0.25) is 15.1 Å². The molecule has 14 nitrogen and oxygen atoms in total. The third kappa shape index (κ3) is 6.54. The number of hydrogen-bond acceptors (Lipinski definition) is 11. The number of rotatable bonds is 8. The number of ether oxygens (including phenoxy) is 7. The van der Waals surface area contributed by atoms with Crippen LogP contribution in [0.25, 0.3) is 10.9 Å². The van der Waals surface area contributed by atoms with Crippen molar-refractivity contribution in [2.75, 3.05) is 55.7 Å². The van der Waals surface area contributed by atoms with E-state index in [9.17, 15) is 9.59 Å². The van der Waals surface area contributed by atoms with Crippen molar-refractivity contribution >= 4 is 28.8 Å². The van der Waals surface area contributed by atoms with E-state index in [0.29, 0.717) is 23.7 Å². The van der Waals surface area contributed by atoms with Gasteiger partial charge >= 0.3 is 11.9 Å². The first kappa shape index (κ1) is 34.6. The lowest BCUT2D eigenvalue weighted by Crippen LogP contribution is -2.58. The molecule has 260 valence electrons. The second-order valence-electron chi connectivity index (χ2n) is 12.1. The number of benzene rings is 2. The molecular formula is C34H45N5O9. The van der Waals surface area contributed by atoms with Gasteiger partial charge in [0.1, 0.15) is 18.0 Å². The molecule has 1 aliphatic carbocycles. The predicted molar refractivity (Wildman–Crippen MR) is 177 cm³/mol. The van der Waals surface area contributed by atoms with E-state index in [1.54, 1.807) is 26.4 Å². The lowest BCUT2D eigenvalue weighted by atomic mass is 9.63. The zero-order valence-corrected chi connectivity index (χ0v) is 28.2. The van der Waals surface area contributed by atoms with Gasteiger partial charge in [-0.15, -0.1) is 0 Å². The minimum Gasteiger partial charge on any atom is -0.497 e. The fraction of sp³-hybridized carbons (Fsp3) is 0.500. The van der Waals surface area contributed by atoms with Gasteiger partial charge in [0, 0.05) is 42.9 Å². The molecule has 0 bridgehead atoms. The Bertz CT molecular complexity index is 1630. The van der Waals surface area contributed by atoms with E-state index < -0.39 is 24.1 Å². The number of aromatic nitrogens is 1. The Balaban J connectivity index is 0.00000107. The number of piperidine rings is 1. The molecule has 2 fully saturated rings. The predicted octanol–water partition coefficient (Wildman–Crippen LogP) is 3.01. The van der Waals surface area contributed by atoms with Gasteiger partial charge in [0.2, 0.25) is 5.75 Å². The summed E-state index contributed by atoms with van der Waals surface area (Å²) >= 11 is 0. The molecule has 3 aromatic rings. The molecule has 0 amide bonds. The van der Waals surface area contributed by atoms with E-state index in [1.165, 1.54) is 45.1 Å². The highest BCUT2D eigenvalue weighted by Gasteiger charge is 2.54. The van der Waals surface area contributed by atoms with Crippen molar-refractivity contribution in [3.63, 3.8) is 0 Å². The number of fused-ring (bicyclic) bond motifs is 6. The molecule has 14 heteroatoms. The molecule has 6 rings (SSSR count). The Morgan fingerprint density at radius 1 is 0.938 bits per heavy atom. The van der Waals surface area contributed by atoms with Crippen molar-refractivity contribution in [1.29, 1.82) is 5.41 Å². The van der Waals surface area contributed by atoms with Gasteiger partial charge in [-0.05, 0) is 60.9 Å². The molecule has 0 spiro atoms. The van der Waals surface area contributed by atoms with Crippen LogP contribution in [0.2, 0.25) is 0 Å². The van der Waals surface area contributed by atoms with E-state index in [4.69, 9.17) is 38.6 Å². The van der Waals surface area contributed by atoms with Crippen LogP contribution in [0.4, 0.5) is 0 Å². The van der Waals surface area contributed by atoms with Gasteiger partial charge in [-0.25, -0.2) is 4.79 Å². The number of nitrogens with one attached hydrogen (secondary N) is 2. The minimum atomic E-state index is -0.670. The summed E-state index contributed by atoms with van der Waals surface area (Å²) in [6, 6.07) is 9.40. The summed E-state index contributed by atoms with van der Waals surface area (Å²) in [4.78, 5) is 33.1. The minimum absolute atomic E-state index is 0.0170. The highest BCUT2D eigenvalue weighted by atomic mass is 16.6. The first-order valence-electron chi connectivity index (χ1n) is 15.7. The number of methoxy groups -OCH3 is 6. The second kappa shape index (κ2) is 14.6. The Kier molecular flexibility index (Phi) is 10.5. The summed E-state index contributed by atoms with van der Waals surface area (Å²) in [7, 11) is 9.10. The number of guanidine groups is 1. The van der Waals surface area contributed by atoms with E-state index in [1.807, 2.05) is 12.1 Å². The van der Waals surface area contributed by atoms with E-state index in [-0.39, 0.29) is 35.4 Å². The third-order valence-corrected chi connectivity index (χ3v) is 9.76. The van der Waals surface area contributed by atoms with Crippen LogP contribution in [0, 0.1) is 23.2 Å². The summed E-state index contributed by atoms with van der Waals surface area (Å²) in [5, 5.41) is 7.27. The van der Waals surface area contributed by atoms with Gasteiger partial charge in [0.05, 0.1) is 53.1 Å². The molecule has 6 N–H and O–H groups in total. The van der Waals surface area contributed by atoms with Crippen LogP contribution in [0.5, 0.6) is 23.0 Å². The number of esters is 2. The molecule has 48 heavy (non-hydrogen) atoms. The molecule has 0 radical (unpaired) electrons. The number of nitrogens with two attached hydrogens (primary N) is 2. The topological polar surface area (TPSA) is 194 Å². The molecule has 0 unspecified atom stereocenters. The maximum Gasteiger partial charge on any atom is 0.338 e. The molecule has 2 aromatic carbocycles. The first-order chi connectivity index (χ1) is 23.1. The maximum atomic E-state index is 13.5. The number of carbonyl (C=O) groups excluding carboxylic acids is 2. The molecule has 3 heterocycles. The Morgan fingerprint density at radius 3 is 2.21 bits per heavy atom. The monoisotopic (exact) mass is 667 g/mol. The van der Waals surface area contributed by atoms with Crippen molar-refractivity contribution in [3.05, 3.63) is 47.2 Å².